The second-order valence-electron chi connectivity index (χ2n) is 8.72. The molecule has 1 aromatic carbocycles. The molecule has 1 saturated carbocycles. The summed E-state index contributed by atoms with van der Waals surface area (Å²) in [5.41, 5.74) is 2.80. The van der Waals surface area contributed by atoms with Gasteiger partial charge in [0.05, 0.1) is 5.41 Å². The van der Waals surface area contributed by atoms with Crippen molar-refractivity contribution in [1.29, 1.82) is 0 Å². The lowest BCUT2D eigenvalue weighted by Crippen LogP contribution is -2.26. The van der Waals surface area contributed by atoms with E-state index < -0.39 is 5.41 Å². The van der Waals surface area contributed by atoms with E-state index in [1.165, 1.54) is 0 Å². The van der Waals surface area contributed by atoms with Crippen molar-refractivity contribution in [1.82, 2.24) is 19.6 Å². The van der Waals surface area contributed by atoms with Gasteiger partial charge in [-0.3, -0.25) is 9.59 Å². The molecule has 1 fully saturated rings. The van der Waals surface area contributed by atoms with E-state index in [1.807, 2.05) is 38.1 Å². The van der Waals surface area contributed by atoms with Crippen LogP contribution in [0.15, 0.2) is 30.5 Å². The molecule has 0 unspecified atom stereocenters. The van der Waals surface area contributed by atoms with Crippen LogP contribution in [-0.4, -0.2) is 31.3 Å². The number of nitrogens with zero attached hydrogens (tertiary/aromatic N) is 4. The summed E-state index contributed by atoms with van der Waals surface area (Å²) in [5, 5.41) is 10.8. The number of benzene rings is 1. The first kappa shape index (κ1) is 18.7. The summed E-state index contributed by atoms with van der Waals surface area (Å²) in [6, 6.07) is 7.64. The van der Waals surface area contributed by atoms with E-state index in [0.29, 0.717) is 30.5 Å². The maximum atomic E-state index is 12.2. The summed E-state index contributed by atoms with van der Waals surface area (Å²) in [5.74, 6) is 2.14. The number of carbonyl (C=O) groups is 2. The number of nitrogens with one attached hydrogen (secondary N) is 2. The topological polar surface area (TPSA) is 101 Å². The smallest absolute Gasteiger partial charge is 0.247 e. The number of rotatable bonds is 4. The van der Waals surface area contributed by atoms with Crippen LogP contribution in [-0.2, 0) is 21.4 Å². The Hall–Kier alpha value is -3.29. The molecule has 0 bridgehead atoms. The third-order valence-electron chi connectivity index (χ3n) is 6.22. The number of ketones is 1. The molecule has 3 heterocycles. The van der Waals surface area contributed by atoms with Gasteiger partial charge in [-0.2, -0.15) is 9.50 Å². The zero-order valence-electron chi connectivity index (χ0n) is 17.1. The Labute approximate surface area is 174 Å². The molecule has 8 nitrogen and oxygen atoms in total. The first-order chi connectivity index (χ1) is 14.4. The molecule has 1 aliphatic heterocycles. The minimum Gasteiger partial charge on any atom is -0.325 e. The molecule has 0 radical (unpaired) electrons. The quantitative estimate of drug-likeness (QED) is 0.691. The van der Waals surface area contributed by atoms with E-state index in [-0.39, 0.29) is 5.91 Å². The minimum atomic E-state index is -0.528. The molecule has 1 amide bonds. The predicted molar refractivity (Wildman–Crippen MR) is 113 cm³/mol. The number of Topliss-reactive ketones (excluding diaryl/α,β-unsaturated/α-hetero) is 1. The standard InChI is InChI=1S/C22H24N6O2/c1-22(2)16-8-5-14(12-17(16)25-20(22)30)24-21-26-18-9-10-23-19(28(18)27-21)11-13-3-6-15(29)7-4-13/h5,8-10,12-13H,3-4,6-7,11H2,1-2H3,(H,24,27)(H,25,30). The molecule has 2 aliphatic rings. The number of hydrogen-bond acceptors (Lipinski definition) is 6. The van der Waals surface area contributed by atoms with E-state index in [0.717, 1.165) is 47.7 Å². The maximum Gasteiger partial charge on any atom is 0.247 e. The van der Waals surface area contributed by atoms with Crippen LogP contribution in [0.25, 0.3) is 5.65 Å². The average Bonchev–Trinajstić information content (AvgIpc) is 3.22. The highest BCUT2D eigenvalue weighted by Crippen LogP contribution is 2.38. The fourth-order valence-electron chi connectivity index (χ4n) is 4.32. The highest BCUT2D eigenvalue weighted by Gasteiger charge is 2.38. The Balaban J connectivity index is 1.38. The monoisotopic (exact) mass is 404 g/mol. The Morgan fingerprint density at radius 2 is 2.00 bits per heavy atom. The summed E-state index contributed by atoms with van der Waals surface area (Å²) in [7, 11) is 0. The van der Waals surface area contributed by atoms with Crippen molar-refractivity contribution in [3.63, 3.8) is 0 Å². The molecule has 2 aromatic heterocycles. The Kier molecular flexibility index (Phi) is 4.30. The second-order valence-corrected chi connectivity index (χ2v) is 8.72. The van der Waals surface area contributed by atoms with Crippen LogP contribution >= 0.6 is 0 Å². The van der Waals surface area contributed by atoms with Gasteiger partial charge in [0.15, 0.2) is 5.65 Å². The molecule has 154 valence electrons. The van der Waals surface area contributed by atoms with E-state index >= 15 is 0 Å². The fraction of sp³-hybridized carbons (Fsp3) is 0.409. The van der Waals surface area contributed by atoms with Crippen LogP contribution in [0.5, 0.6) is 0 Å². The molecular formula is C22H24N6O2. The Morgan fingerprint density at radius 3 is 2.80 bits per heavy atom. The van der Waals surface area contributed by atoms with Gasteiger partial charge in [0.25, 0.3) is 0 Å². The third kappa shape index (κ3) is 3.22. The number of fused-ring (bicyclic) bond motifs is 2. The number of hydrogen-bond donors (Lipinski definition) is 2. The van der Waals surface area contributed by atoms with Gasteiger partial charge in [-0.25, -0.2) is 4.98 Å². The van der Waals surface area contributed by atoms with Crippen LogP contribution < -0.4 is 10.6 Å². The van der Waals surface area contributed by atoms with E-state index in [9.17, 15) is 9.59 Å². The van der Waals surface area contributed by atoms with Gasteiger partial charge in [-0.05, 0) is 50.3 Å². The molecule has 0 saturated heterocycles. The molecule has 1 aliphatic carbocycles. The normalized spacial score (nSPS) is 18.5. The van der Waals surface area contributed by atoms with Crippen LogP contribution in [0.2, 0.25) is 0 Å². The second kappa shape index (κ2) is 6.90. The van der Waals surface area contributed by atoms with Crippen molar-refractivity contribution in [2.24, 2.45) is 5.92 Å². The van der Waals surface area contributed by atoms with E-state index in [1.54, 1.807) is 10.7 Å². The Bertz CT molecular complexity index is 1160. The maximum absolute atomic E-state index is 12.2. The average molecular weight is 404 g/mol. The largest absolute Gasteiger partial charge is 0.325 e. The van der Waals surface area contributed by atoms with Crippen LogP contribution in [0.1, 0.15) is 50.9 Å². The van der Waals surface area contributed by atoms with Gasteiger partial charge in [-0.15, -0.1) is 5.10 Å². The van der Waals surface area contributed by atoms with Crippen molar-refractivity contribution >= 4 is 34.7 Å². The molecule has 0 spiro atoms. The van der Waals surface area contributed by atoms with Crippen molar-refractivity contribution in [2.75, 3.05) is 10.6 Å². The van der Waals surface area contributed by atoms with Crippen LogP contribution in [0, 0.1) is 5.92 Å². The SMILES string of the molecule is CC1(C)C(=O)Nc2cc(Nc3nc4ccnc(CC5CCC(=O)CC5)n4n3)ccc21. The first-order valence-electron chi connectivity index (χ1n) is 10.4. The lowest BCUT2D eigenvalue weighted by atomic mass is 9.86. The molecule has 3 aromatic rings. The zero-order chi connectivity index (χ0) is 20.9. The number of aromatic nitrogens is 4. The fourth-order valence-corrected chi connectivity index (χ4v) is 4.32. The molecular weight excluding hydrogens is 380 g/mol. The molecule has 0 atom stereocenters. The van der Waals surface area contributed by atoms with Crippen molar-refractivity contribution in [2.45, 2.75) is 51.4 Å². The van der Waals surface area contributed by atoms with Gasteiger partial charge in [-0.1, -0.05) is 6.07 Å². The minimum absolute atomic E-state index is 0.000587. The summed E-state index contributed by atoms with van der Waals surface area (Å²) in [4.78, 5) is 32.8. The van der Waals surface area contributed by atoms with Gasteiger partial charge in [0, 0.05) is 42.9 Å². The number of anilines is 3. The van der Waals surface area contributed by atoms with E-state index in [4.69, 9.17) is 0 Å². The van der Waals surface area contributed by atoms with Gasteiger partial charge in [0.2, 0.25) is 11.9 Å². The van der Waals surface area contributed by atoms with Crippen LogP contribution in [0.3, 0.4) is 0 Å². The molecule has 2 N–H and O–H groups in total. The molecule has 5 rings (SSSR count). The van der Waals surface area contributed by atoms with E-state index in [2.05, 4.69) is 25.7 Å². The summed E-state index contributed by atoms with van der Waals surface area (Å²) in [6.07, 6.45) is 5.69. The molecule has 30 heavy (non-hydrogen) atoms. The highest BCUT2D eigenvalue weighted by atomic mass is 16.2. The zero-order valence-corrected chi connectivity index (χ0v) is 17.1. The summed E-state index contributed by atoms with van der Waals surface area (Å²) >= 11 is 0. The summed E-state index contributed by atoms with van der Waals surface area (Å²) < 4.78 is 1.77. The van der Waals surface area contributed by atoms with Gasteiger partial charge >= 0.3 is 0 Å². The number of amides is 1. The van der Waals surface area contributed by atoms with Crippen molar-refractivity contribution < 1.29 is 9.59 Å². The van der Waals surface area contributed by atoms with Crippen molar-refractivity contribution in [3.8, 4) is 0 Å². The highest BCUT2D eigenvalue weighted by molar-refractivity contribution is 6.06. The predicted octanol–water partition coefficient (Wildman–Crippen LogP) is 3.40. The van der Waals surface area contributed by atoms with Crippen molar-refractivity contribution in [3.05, 3.63) is 41.9 Å². The molecule has 8 heteroatoms. The van der Waals surface area contributed by atoms with Gasteiger partial charge < -0.3 is 10.6 Å². The summed E-state index contributed by atoms with van der Waals surface area (Å²) in [6.45, 7) is 3.84. The van der Waals surface area contributed by atoms with Gasteiger partial charge in [0.1, 0.15) is 11.6 Å². The lowest BCUT2D eigenvalue weighted by Gasteiger charge is -2.20. The first-order valence-corrected chi connectivity index (χ1v) is 10.4. The number of carbonyl (C=O) groups excluding carboxylic acids is 2. The lowest BCUT2D eigenvalue weighted by molar-refractivity contribution is -0.121. The Morgan fingerprint density at radius 1 is 1.20 bits per heavy atom. The third-order valence-corrected chi connectivity index (χ3v) is 6.22. The van der Waals surface area contributed by atoms with Crippen LogP contribution in [0.4, 0.5) is 17.3 Å².